The van der Waals surface area contributed by atoms with E-state index in [0.717, 1.165) is 36.1 Å². The molecule has 3 rings (SSSR count). The molecule has 1 saturated carbocycles. The lowest BCUT2D eigenvalue weighted by Crippen LogP contribution is -2.44. The van der Waals surface area contributed by atoms with Gasteiger partial charge < -0.3 is 4.90 Å². The van der Waals surface area contributed by atoms with Gasteiger partial charge in [0.25, 0.3) is 5.56 Å². The van der Waals surface area contributed by atoms with Crippen LogP contribution in [0.25, 0.3) is 0 Å². The quantitative estimate of drug-likeness (QED) is 0.808. The molecule has 132 valence electrons. The van der Waals surface area contributed by atoms with Gasteiger partial charge in [0.15, 0.2) is 0 Å². The molecule has 0 N–H and O–H groups in total. The molecule has 0 unspecified atom stereocenters. The van der Waals surface area contributed by atoms with Gasteiger partial charge in [0.1, 0.15) is 11.6 Å². The number of hydrogen-bond donors (Lipinski definition) is 0. The summed E-state index contributed by atoms with van der Waals surface area (Å²) < 4.78 is 1.06. The monoisotopic (exact) mass is 379 g/mol. The maximum Gasteiger partial charge on any atom is 0.287 e. The van der Waals surface area contributed by atoms with Crippen molar-refractivity contribution in [3.05, 3.63) is 56.9 Å². The van der Waals surface area contributed by atoms with Crippen molar-refractivity contribution in [1.82, 2.24) is 9.78 Å². The summed E-state index contributed by atoms with van der Waals surface area (Å²) in [5.74, 6) is -0.175. The molecule has 25 heavy (non-hydrogen) atoms. The highest BCUT2D eigenvalue weighted by Crippen LogP contribution is 2.27. The summed E-state index contributed by atoms with van der Waals surface area (Å²) in [6.45, 7) is -0.166. The third-order valence-corrected chi connectivity index (χ3v) is 5.22. The molecule has 0 spiro atoms. The van der Waals surface area contributed by atoms with E-state index in [0.29, 0.717) is 0 Å². The van der Waals surface area contributed by atoms with Gasteiger partial charge in [0.2, 0.25) is 5.91 Å². The number of aromatic nitrogens is 2. The molecule has 0 saturated heterocycles. The van der Waals surface area contributed by atoms with Crippen LogP contribution in [-0.4, -0.2) is 21.7 Å². The topological polar surface area (TPSA) is 55.2 Å². The maximum absolute atomic E-state index is 13.0. The van der Waals surface area contributed by atoms with Crippen LogP contribution >= 0.6 is 23.2 Å². The fraction of sp³-hybridized carbons (Fsp3) is 0.389. The van der Waals surface area contributed by atoms with E-state index in [1.54, 1.807) is 4.90 Å². The van der Waals surface area contributed by atoms with E-state index in [2.05, 4.69) is 5.10 Å². The van der Waals surface area contributed by atoms with Crippen molar-refractivity contribution in [2.75, 3.05) is 4.90 Å². The van der Waals surface area contributed by atoms with E-state index in [-0.39, 0.29) is 28.5 Å². The highest BCUT2D eigenvalue weighted by Gasteiger charge is 2.27. The number of para-hydroxylation sites is 1. The molecule has 1 aromatic carbocycles. The third-order valence-electron chi connectivity index (χ3n) is 4.47. The predicted octanol–water partition coefficient (Wildman–Crippen LogP) is 3.92. The summed E-state index contributed by atoms with van der Waals surface area (Å²) in [6, 6.07) is 9.69. The van der Waals surface area contributed by atoms with Crippen molar-refractivity contribution in [2.24, 2.45) is 0 Å². The molecule has 1 aliphatic carbocycles. The largest absolute Gasteiger partial charge is 0.308 e. The Balaban J connectivity index is 1.89. The van der Waals surface area contributed by atoms with Crippen LogP contribution in [0.2, 0.25) is 10.0 Å². The van der Waals surface area contributed by atoms with E-state index in [1.165, 1.54) is 12.6 Å². The van der Waals surface area contributed by atoms with Crippen molar-refractivity contribution in [3.8, 4) is 0 Å². The second-order valence-electron chi connectivity index (χ2n) is 6.16. The van der Waals surface area contributed by atoms with Gasteiger partial charge in [-0.15, -0.1) is 0 Å². The van der Waals surface area contributed by atoms with Gasteiger partial charge in [-0.2, -0.15) is 5.10 Å². The molecule has 0 radical (unpaired) electrons. The molecule has 7 heteroatoms. The Morgan fingerprint density at radius 2 is 1.84 bits per heavy atom. The van der Waals surface area contributed by atoms with Gasteiger partial charge in [-0.3, -0.25) is 9.59 Å². The van der Waals surface area contributed by atoms with E-state index < -0.39 is 5.56 Å². The van der Waals surface area contributed by atoms with E-state index in [1.807, 2.05) is 30.3 Å². The molecule has 1 amide bonds. The zero-order valence-corrected chi connectivity index (χ0v) is 15.2. The molecule has 2 aromatic rings. The molecule has 5 nitrogen and oxygen atoms in total. The van der Waals surface area contributed by atoms with Crippen molar-refractivity contribution in [2.45, 2.75) is 44.7 Å². The van der Waals surface area contributed by atoms with Crippen LogP contribution in [0.15, 0.2) is 41.3 Å². The summed E-state index contributed by atoms with van der Waals surface area (Å²) in [4.78, 5) is 27.0. The van der Waals surface area contributed by atoms with Gasteiger partial charge in [-0.25, -0.2) is 4.68 Å². The first-order chi connectivity index (χ1) is 12.1. The van der Waals surface area contributed by atoms with Gasteiger partial charge in [-0.05, 0) is 25.0 Å². The highest BCUT2D eigenvalue weighted by molar-refractivity contribution is 6.41. The van der Waals surface area contributed by atoms with Crippen LogP contribution in [-0.2, 0) is 11.3 Å². The van der Waals surface area contributed by atoms with E-state index in [4.69, 9.17) is 23.2 Å². The second kappa shape index (κ2) is 8.02. The minimum atomic E-state index is -0.556. The zero-order valence-electron chi connectivity index (χ0n) is 13.7. The normalized spacial score (nSPS) is 15.1. The summed E-state index contributed by atoms with van der Waals surface area (Å²) in [7, 11) is 0. The summed E-state index contributed by atoms with van der Waals surface area (Å²) in [6.07, 6.45) is 6.61. The zero-order chi connectivity index (χ0) is 17.8. The molecule has 0 bridgehead atoms. The first kappa shape index (κ1) is 18.0. The number of rotatable bonds is 4. The number of anilines is 1. The maximum atomic E-state index is 13.0. The van der Waals surface area contributed by atoms with Gasteiger partial charge >= 0.3 is 0 Å². The summed E-state index contributed by atoms with van der Waals surface area (Å²) >= 11 is 11.7. The second-order valence-corrected chi connectivity index (χ2v) is 6.95. The average Bonchev–Trinajstić information content (AvgIpc) is 2.64. The lowest BCUT2D eigenvalue weighted by atomic mass is 9.93. The van der Waals surface area contributed by atoms with Crippen molar-refractivity contribution >= 4 is 34.8 Å². The Morgan fingerprint density at radius 3 is 2.52 bits per heavy atom. The van der Waals surface area contributed by atoms with Crippen LogP contribution in [0.5, 0.6) is 0 Å². The minimum Gasteiger partial charge on any atom is -0.308 e. The number of amides is 1. The van der Waals surface area contributed by atoms with Gasteiger partial charge in [0, 0.05) is 11.7 Å². The number of benzene rings is 1. The Morgan fingerprint density at radius 1 is 1.16 bits per heavy atom. The molecule has 1 fully saturated rings. The van der Waals surface area contributed by atoms with Crippen molar-refractivity contribution < 1.29 is 4.79 Å². The number of halogens is 2. The summed E-state index contributed by atoms with van der Waals surface area (Å²) in [5.41, 5.74) is 0.284. The molecular formula is C18H19Cl2N3O2. The predicted molar refractivity (Wildman–Crippen MR) is 99.3 cm³/mol. The molecule has 1 aliphatic rings. The number of nitrogens with zero attached hydrogens (tertiary/aromatic N) is 3. The van der Waals surface area contributed by atoms with Crippen LogP contribution in [0, 0.1) is 0 Å². The van der Waals surface area contributed by atoms with Crippen molar-refractivity contribution in [3.63, 3.8) is 0 Å². The lowest BCUT2D eigenvalue weighted by molar-refractivity contribution is -0.120. The molecule has 1 aromatic heterocycles. The molecule has 1 heterocycles. The van der Waals surface area contributed by atoms with Crippen LogP contribution in [0.3, 0.4) is 0 Å². The number of carbonyl (C=O) groups is 1. The minimum absolute atomic E-state index is 0.0857. The Labute approximate surface area is 156 Å². The SMILES string of the molecule is O=C(Cn1ncc(Cl)c(Cl)c1=O)N(c1ccccc1)C1CCCCC1. The number of carbonyl (C=O) groups excluding carboxylic acids is 1. The molecular weight excluding hydrogens is 361 g/mol. The smallest absolute Gasteiger partial charge is 0.287 e. The van der Waals surface area contributed by atoms with Crippen molar-refractivity contribution in [1.29, 1.82) is 0 Å². The highest BCUT2D eigenvalue weighted by atomic mass is 35.5. The Hall–Kier alpha value is -1.85. The van der Waals surface area contributed by atoms with Gasteiger partial charge in [0.05, 0.1) is 11.2 Å². The lowest BCUT2D eigenvalue weighted by Gasteiger charge is -2.34. The fourth-order valence-electron chi connectivity index (χ4n) is 3.25. The molecule has 0 atom stereocenters. The first-order valence-electron chi connectivity index (χ1n) is 8.36. The fourth-order valence-corrected chi connectivity index (χ4v) is 3.52. The van der Waals surface area contributed by atoms with E-state index in [9.17, 15) is 9.59 Å². The Bertz CT molecular complexity index is 802. The van der Waals surface area contributed by atoms with E-state index >= 15 is 0 Å². The number of hydrogen-bond acceptors (Lipinski definition) is 3. The standard InChI is InChI=1S/C18H19Cl2N3O2/c19-15-11-21-22(18(25)17(15)20)12-16(24)23(13-7-3-1-4-8-13)14-9-5-2-6-10-14/h1,3-4,7-8,11,14H,2,5-6,9-10,12H2. The van der Waals surface area contributed by atoms with Crippen LogP contribution in [0.4, 0.5) is 5.69 Å². The Kier molecular flexibility index (Phi) is 5.76. The summed E-state index contributed by atoms with van der Waals surface area (Å²) in [5, 5.41) is 3.91. The van der Waals surface area contributed by atoms with Crippen LogP contribution in [0.1, 0.15) is 32.1 Å². The average molecular weight is 380 g/mol. The molecule has 0 aliphatic heterocycles. The third kappa shape index (κ3) is 4.05. The van der Waals surface area contributed by atoms with Gasteiger partial charge in [-0.1, -0.05) is 60.7 Å². The van der Waals surface area contributed by atoms with Crippen LogP contribution < -0.4 is 10.5 Å². The first-order valence-corrected chi connectivity index (χ1v) is 9.11.